The number of hydrogen-bond acceptors (Lipinski definition) is 4. The van der Waals surface area contributed by atoms with E-state index in [0.717, 1.165) is 11.1 Å². The summed E-state index contributed by atoms with van der Waals surface area (Å²) in [5, 5.41) is 0. The predicted molar refractivity (Wildman–Crippen MR) is 157 cm³/mol. The first kappa shape index (κ1) is 38.0. The van der Waals surface area contributed by atoms with Crippen LogP contribution in [-0.4, -0.2) is 19.6 Å². The van der Waals surface area contributed by atoms with Gasteiger partial charge in [0.05, 0.1) is 0 Å². The van der Waals surface area contributed by atoms with Crippen LogP contribution in [0.3, 0.4) is 0 Å². The molecule has 0 aromatic heterocycles. The topological polar surface area (TPSA) is 134 Å². The molecule has 11 heteroatoms. The average Bonchev–Trinajstić information content (AvgIpc) is 2.64. The van der Waals surface area contributed by atoms with Crippen molar-refractivity contribution in [2.45, 2.75) is 111 Å². The van der Waals surface area contributed by atoms with Gasteiger partial charge < -0.3 is 10.5 Å². The standard InChI is InChI=1S/C29H46O8P2.K.H/c1-26(2,3)20-14-18(24(36-38(30,31)32)22(16-20)28(7,8)9)13-19-15-21(27(4,5)6)17-23(29(10,11)12)25(19)37-39(33,34)35;;/h14-17H,13H2,1-12H3,(H2,30,31,32)(H2,33,34,35);;/q;+1;-1. The fourth-order valence-electron chi connectivity index (χ4n) is 4.28. The van der Waals surface area contributed by atoms with Crippen molar-refractivity contribution in [2.24, 2.45) is 0 Å². The third-order valence-corrected chi connectivity index (χ3v) is 7.32. The molecule has 0 atom stereocenters. The van der Waals surface area contributed by atoms with Gasteiger partial charge in [0.25, 0.3) is 0 Å². The molecule has 2 aromatic carbocycles. The maximum atomic E-state index is 12.1. The average molecular weight is 625 g/mol. The maximum absolute atomic E-state index is 12.1. The van der Waals surface area contributed by atoms with Crippen LogP contribution in [0.1, 0.15) is 118 Å². The first-order chi connectivity index (χ1) is 17.1. The Morgan fingerprint density at radius 3 is 1.05 bits per heavy atom. The Kier molecular flexibility index (Phi) is 11.9. The summed E-state index contributed by atoms with van der Waals surface area (Å²) >= 11 is 0. The van der Waals surface area contributed by atoms with Crippen LogP contribution in [-0.2, 0) is 37.2 Å². The van der Waals surface area contributed by atoms with Crippen LogP contribution in [0.5, 0.6) is 11.5 Å². The minimum Gasteiger partial charge on any atom is -1.00 e. The summed E-state index contributed by atoms with van der Waals surface area (Å²) < 4.78 is 35.0. The molecule has 2 rings (SSSR count). The molecular weight excluding hydrogens is 577 g/mol. The second-order valence-corrected chi connectivity index (χ2v) is 16.7. The molecule has 0 heterocycles. The summed E-state index contributed by atoms with van der Waals surface area (Å²) in [6, 6.07) is 7.52. The zero-order valence-corrected chi connectivity index (χ0v) is 31.2. The van der Waals surface area contributed by atoms with Gasteiger partial charge in [-0.2, -0.15) is 0 Å². The van der Waals surface area contributed by atoms with Crippen molar-refractivity contribution in [2.75, 3.05) is 0 Å². The van der Waals surface area contributed by atoms with Gasteiger partial charge in [-0.25, -0.2) is 9.13 Å². The van der Waals surface area contributed by atoms with Crippen LogP contribution < -0.4 is 60.4 Å². The Balaban J connectivity index is 0.00000800. The third-order valence-electron chi connectivity index (χ3n) is 6.48. The van der Waals surface area contributed by atoms with Crippen molar-refractivity contribution in [3.63, 3.8) is 0 Å². The molecule has 4 N–H and O–H groups in total. The first-order valence-corrected chi connectivity index (χ1v) is 16.0. The van der Waals surface area contributed by atoms with Gasteiger partial charge in [0.1, 0.15) is 11.5 Å². The van der Waals surface area contributed by atoms with Crippen molar-refractivity contribution >= 4 is 15.6 Å². The summed E-state index contributed by atoms with van der Waals surface area (Å²) in [4.78, 5) is 39.4. The number of phosphoric ester groups is 2. The molecule has 0 aliphatic carbocycles. The molecule has 0 saturated heterocycles. The van der Waals surface area contributed by atoms with E-state index < -0.39 is 26.5 Å². The van der Waals surface area contributed by atoms with E-state index in [9.17, 15) is 28.7 Å². The van der Waals surface area contributed by atoms with Gasteiger partial charge in [0.15, 0.2) is 0 Å². The van der Waals surface area contributed by atoms with Gasteiger partial charge >= 0.3 is 67.0 Å². The zero-order chi connectivity index (χ0) is 30.6. The van der Waals surface area contributed by atoms with Crippen molar-refractivity contribution in [3.8, 4) is 11.5 Å². The van der Waals surface area contributed by atoms with Crippen LogP contribution in [0.4, 0.5) is 0 Å². The molecule has 2 aromatic rings. The number of phosphoric acid groups is 2. The Labute approximate surface area is 284 Å². The van der Waals surface area contributed by atoms with Gasteiger partial charge in [0.2, 0.25) is 0 Å². The fourth-order valence-corrected chi connectivity index (χ4v) is 5.19. The van der Waals surface area contributed by atoms with Crippen molar-refractivity contribution in [3.05, 3.63) is 57.6 Å². The number of hydrogen-bond donors (Lipinski definition) is 4. The van der Waals surface area contributed by atoms with E-state index in [-0.39, 0.29) is 81.6 Å². The Morgan fingerprint density at radius 2 is 0.850 bits per heavy atom. The van der Waals surface area contributed by atoms with Crippen LogP contribution in [0.15, 0.2) is 24.3 Å². The molecule has 0 aliphatic rings. The van der Waals surface area contributed by atoms with Gasteiger partial charge in [-0.05, 0) is 43.9 Å². The van der Waals surface area contributed by atoms with Gasteiger partial charge in [-0.15, -0.1) is 0 Å². The number of rotatable bonds is 6. The molecule has 0 aliphatic heterocycles. The van der Waals surface area contributed by atoms with Crippen LogP contribution in [0.25, 0.3) is 0 Å². The second kappa shape index (κ2) is 12.5. The van der Waals surface area contributed by atoms with Crippen molar-refractivity contribution in [1.82, 2.24) is 0 Å². The monoisotopic (exact) mass is 624 g/mol. The maximum Gasteiger partial charge on any atom is 1.00 e. The fraction of sp³-hybridized carbons (Fsp3) is 0.586. The van der Waals surface area contributed by atoms with Crippen LogP contribution in [0.2, 0.25) is 0 Å². The first-order valence-electron chi connectivity index (χ1n) is 13.0. The molecule has 0 saturated carbocycles. The molecule has 40 heavy (non-hydrogen) atoms. The van der Waals surface area contributed by atoms with Crippen LogP contribution >= 0.6 is 15.6 Å². The van der Waals surface area contributed by atoms with Gasteiger partial charge in [0, 0.05) is 17.5 Å². The summed E-state index contributed by atoms with van der Waals surface area (Å²) in [7, 11) is -9.89. The van der Waals surface area contributed by atoms with E-state index in [4.69, 9.17) is 9.05 Å². The van der Waals surface area contributed by atoms with Crippen LogP contribution in [0, 0.1) is 0 Å². The summed E-state index contributed by atoms with van der Waals surface area (Å²) in [6.45, 7) is 23.9. The van der Waals surface area contributed by atoms with E-state index in [2.05, 4.69) is 0 Å². The summed E-state index contributed by atoms with van der Waals surface area (Å²) in [5.41, 5.74) is 2.40. The minimum atomic E-state index is -4.94. The molecule has 0 radical (unpaired) electrons. The van der Waals surface area contributed by atoms with E-state index in [1.54, 1.807) is 0 Å². The van der Waals surface area contributed by atoms with E-state index in [0.29, 0.717) is 22.3 Å². The van der Waals surface area contributed by atoms with Crippen molar-refractivity contribution in [1.29, 1.82) is 0 Å². The van der Waals surface area contributed by atoms with E-state index in [1.807, 2.05) is 107 Å². The molecule has 8 nitrogen and oxygen atoms in total. The number of benzene rings is 2. The smallest absolute Gasteiger partial charge is 1.00 e. The predicted octanol–water partition coefficient (Wildman–Crippen LogP) is 4.53. The zero-order valence-electron chi connectivity index (χ0n) is 27.3. The quantitative estimate of drug-likeness (QED) is 0.272. The van der Waals surface area contributed by atoms with E-state index in [1.165, 1.54) is 0 Å². The van der Waals surface area contributed by atoms with Gasteiger partial charge in [-0.1, -0.05) is 107 Å². The second-order valence-electron chi connectivity index (χ2n) is 14.4. The minimum absolute atomic E-state index is 0. The third kappa shape index (κ3) is 10.6. The molecule has 222 valence electrons. The Morgan fingerprint density at radius 1 is 0.575 bits per heavy atom. The molecule has 0 bridgehead atoms. The molecule has 0 unspecified atom stereocenters. The van der Waals surface area contributed by atoms with Gasteiger partial charge in [-0.3, -0.25) is 19.6 Å². The van der Waals surface area contributed by atoms with Crippen molar-refractivity contribution < 1.29 is 90.6 Å². The molecule has 0 amide bonds. The SMILES string of the molecule is CC(C)(C)c1cc(Cc2cc(C(C)(C)C)cc(C(C)(C)C)c2OP(=O)(O)O)c(OP(=O)(O)O)c(C(C)(C)C)c1.[H-].[K+]. The molecular formula is C29H47KO8P2. The molecule has 0 spiro atoms. The Bertz CT molecular complexity index is 1220. The normalized spacial score (nSPS) is 13.6. The summed E-state index contributed by atoms with van der Waals surface area (Å²) in [5.74, 6) is 0.119. The molecule has 0 fully saturated rings. The Hall–Kier alpha value is -0.0236. The summed E-state index contributed by atoms with van der Waals surface area (Å²) in [6.07, 6.45) is 0.0602. The van der Waals surface area contributed by atoms with E-state index >= 15 is 0 Å². The largest absolute Gasteiger partial charge is 1.00 e.